The molecule has 19 heavy (non-hydrogen) atoms. The summed E-state index contributed by atoms with van der Waals surface area (Å²) in [6.07, 6.45) is 0. The van der Waals surface area contributed by atoms with Crippen molar-refractivity contribution in [2.24, 2.45) is 0 Å². The fourth-order valence-electron chi connectivity index (χ4n) is 1.96. The van der Waals surface area contributed by atoms with E-state index in [-0.39, 0.29) is 5.91 Å². The summed E-state index contributed by atoms with van der Waals surface area (Å²) < 4.78 is 5.02. The normalized spacial score (nSPS) is 10.5. The van der Waals surface area contributed by atoms with Crippen molar-refractivity contribution in [1.29, 1.82) is 0 Å². The fourth-order valence-corrected chi connectivity index (χ4v) is 2.17. The minimum atomic E-state index is -0.101. The molecule has 1 aromatic heterocycles. The van der Waals surface area contributed by atoms with E-state index in [2.05, 4.69) is 5.16 Å². The van der Waals surface area contributed by atoms with Gasteiger partial charge >= 0.3 is 0 Å². The van der Waals surface area contributed by atoms with Gasteiger partial charge in [-0.1, -0.05) is 28.9 Å². The quantitative estimate of drug-likeness (QED) is 0.866. The van der Waals surface area contributed by atoms with Gasteiger partial charge in [0.25, 0.3) is 5.91 Å². The van der Waals surface area contributed by atoms with Gasteiger partial charge in [0.15, 0.2) is 0 Å². The molecule has 0 spiro atoms. The van der Waals surface area contributed by atoms with E-state index in [0.717, 1.165) is 5.56 Å². The van der Waals surface area contributed by atoms with Crippen LogP contribution < -0.4 is 0 Å². The Kier molecular flexibility index (Phi) is 3.90. The molecule has 0 radical (unpaired) electrons. The first kappa shape index (κ1) is 13.6. The molecule has 0 atom stereocenters. The molecule has 100 valence electrons. The lowest BCUT2D eigenvalue weighted by Gasteiger charge is -2.17. The third-order valence-corrected chi connectivity index (χ3v) is 3.14. The molecule has 1 aromatic carbocycles. The zero-order valence-corrected chi connectivity index (χ0v) is 11.9. The Morgan fingerprint density at radius 1 is 1.42 bits per heavy atom. The summed E-state index contributed by atoms with van der Waals surface area (Å²) in [5.41, 5.74) is 2.13. The van der Waals surface area contributed by atoms with Crippen LogP contribution in [0.15, 0.2) is 28.8 Å². The van der Waals surface area contributed by atoms with E-state index >= 15 is 0 Å². The van der Waals surface area contributed by atoms with Crippen molar-refractivity contribution in [3.8, 4) is 0 Å². The third kappa shape index (κ3) is 2.96. The number of nitrogens with zero attached hydrogens (tertiary/aromatic N) is 2. The minimum absolute atomic E-state index is 0.101. The topological polar surface area (TPSA) is 46.3 Å². The number of carbonyl (C=O) groups is 1. The Labute approximate surface area is 117 Å². The molecule has 1 heterocycles. The molecule has 0 saturated carbocycles. The molecule has 5 heteroatoms. The summed E-state index contributed by atoms with van der Waals surface area (Å²) in [5, 5.41) is 4.46. The maximum atomic E-state index is 12.3. The van der Waals surface area contributed by atoms with Crippen molar-refractivity contribution >= 4 is 17.5 Å². The average Bonchev–Trinajstić information content (AvgIpc) is 2.68. The van der Waals surface area contributed by atoms with Gasteiger partial charge in [-0.15, -0.1) is 0 Å². The van der Waals surface area contributed by atoms with E-state index in [1.807, 2.05) is 18.2 Å². The molecule has 0 aliphatic carbocycles. The molecular formula is C14H15ClN2O2. The second-order valence-electron chi connectivity index (χ2n) is 4.49. The minimum Gasteiger partial charge on any atom is -0.361 e. The molecule has 4 nitrogen and oxygen atoms in total. The van der Waals surface area contributed by atoms with Gasteiger partial charge < -0.3 is 9.42 Å². The average molecular weight is 279 g/mol. The van der Waals surface area contributed by atoms with Crippen LogP contribution in [-0.2, 0) is 6.54 Å². The van der Waals surface area contributed by atoms with Crippen LogP contribution in [0.3, 0.4) is 0 Å². The van der Waals surface area contributed by atoms with Crippen molar-refractivity contribution in [1.82, 2.24) is 10.1 Å². The highest BCUT2D eigenvalue weighted by Gasteiger charge is 2.20. The lowest BCUT2D eigenvalue weighted by molar-refractivity contribution is 0.0782. The molecular weight excluding hydrogens is 264 g/mol. The molecule has 1 amide bonds. The van der Waals surface area contributed by atoms with Gasteiger partial charge in [-0.05, 0) is 31.5 Å². The Bertz CT molecular complexity index is 588. The number of hydrogen-bond donors (Lipinski definition) is 0. The number of benzene rings is 1. The third-order valence-electron chi connectivity index (χ3n) is 2.90. The first-order chi connectivity index (χ1) is 8.99. The fraction of sp³-hybridized carbons (Fsp3) is 0.286. The second-order valence-corrected chi connectivity index (χ2v) is 4.93. The van der Waals surface area contributed by atoms with Gasteiger partial charge in [0.05, 0.1) is 5.69 Å². The van der Waals surface area contributed by atoms with Crippen LogP contribution in [0.25, 0.3) is 0 Å². The van der Waals surface area contributed by atoms with E-state index in [1.165, 1.54) is 0 Å². The van der Waals surface area contributed by atoms with E-state index in [0.29, 0.717) is 28.6 Å². The summed E-state index contributed by atoms with van der Waals surface area (Å²) in [4.78, 5) is 14.0. The summed E-state index contributed by atoms with van der Waals surface area (Å²) >= 11 is 5.93. The molecule has 0 saturated heterocycles. The zero-order chi connectivity index (χ0) is 14.0. The van der Waals surface area contributed by atoms with E-state index < -0.39 is 0 Å². The highest BCUT2D eigenvalue weighted by atomic mass is 35.5. The monoisotopic (exact) mass is 278 g/mol. The first-order valence-electron chi connectivity index (χ1n) is 5.92. The molecule has 0 bridgehead atoms. The molecule has 0 aliphatic heterocycles. The van der Waals surface area contributed by atoms with Crippen LogP contribution in [0.4, 0.5) is 0 Å². The first-order valence-corrected chi connectivity index (χ1v) is 6.29. The van der Waals surface area contributed by atoms with Gasteiger partial charge in [-0.25, -0.2) is 0 Å². The smallest absolute Gasteiger partial charge is 0.259 e. The highest BCUT2D eigenvalue weighted by molar-refractivity contribution is 6.30. The van der Waals surface area contributed by atoms with E-state index in [1.54, 1.807) is 31.9 Å². The van der Waals surface area contributed by atoms with Crippen molar-refractivity contribution in [3.05, 3.63) is 51.9 Å². The molecule has 0 N–H and O–H groups in total. The Morgan fingerprint density at radius 2 is 2.16 bits per heavy atom. The standard InChI is InChI=1S/C14H15ClN2O2/c1-9-13(10(2)19-16-9)14(18)17(3)8-11-5-4-6-12(15)7-11/h4-7H,8H2,1-3H3. The predicted molar refractivity (Wildman–Crippen MR) is 73.2 cm³/mol. The molecule has 2 rings (SSSR count). The lowest BCUT2D eigenvalue weighted by atomic mass is 10.1. The number of hydrogen-bond acceptors (Lipinski definition) is 3. The summed E-state index contributed by atoms with van der Waals surface area (Å²) in [6, 6.07) is 7.45. The lowest BCUT2D eigenvalue weighted by Crippen LogP contribution is -2.27. The van der Waals surface area contributed by atoms with Crippen LogP contribution in [0.5, 0.6) is 0 Å². The van der Waals surface area contributed by atoms with Gasteiger partial charge in [-0.2, -0.15) is 0 Å². The molecule has 0 aliphatic rings. The molecule has 2 aromatic rings. The Morgan fingerprint density at radius 3 is 2.74 bits per heavy atom. The predicted octanol–water partition coefficient (Wildman–Crippen LogP) is 3.22. The zero-order valence-electron chi connectivity index (χ0n) is 11.1. The maximum Gasteiger partial charge on any atom is 0.259 e. The van der Waals surface area contributed by atoms with Crippen molar-refractivity contribution < 1.29 is 9.32 Å². The van der Waals surface area contributed by atoms with Crippen molar-refractivity contribution in [2.75, 3.05) is 7.05 Å². The SMILES string of the molecule is Cc1noc(C)c1C(=O)N(C)Cc1cccc(Cl)c1. The Hall–Kier alpha value is -1.81. The van der Waals surface area contributed by atoms with Crippen LogP contribution in [0.2, 0.25) is 5.02 Å². The number of halogens is 1. The van der Waals surface area contributed by atoms with Gasteiger partial charge in [-0.3, -0.25) is 4.79 Å². The van der Waals surface area contributed by atoms with Crippen LogP contribution in [-0.4, -0.2) is 23.0 Å². The Balaban J connectivity index is 2.16. The van der Waals surface area contributed by atoms with E-state index in [4.69, 9.17) is 16.1 Å². The number of amides is 1. The van der Waals surface area contributed by atoms with Crippen molar-refractivity contribution in [3.63, 3.8) is 0 Å². The number of rotatable bonds is 3. The second kappa shape index (κ2) is 5.45. The number of aryl methyl sites for hydroxylation is 2. The van der Waals surface area contributed by atoms with Crippen LogP contribution in [0.1, 0.15) is 27.4 Å². The van der Waals surface area contributed by atoms with Crippen LogP contribution in [0, 0.1) is 13.8 Å². The largest absolute Gasteiger partial charge is 0.361 e. The van der Waals surface area contributed by atoms with Gasteiger partial charge in [0.2, 0.25) is 0 Å². The van der Waals surface area contributed by atoms with E-state index in [9.17, 15) is 4.79 Å². The summed E-state index contributed by atoms with van der Waals surface area (Å²) in [7, 11) is 1.75. The molecule has 0 unspecified atom stereocenters. The summed E-state index contributed by atoms with van der Waals surface area (Å²) in [5.74, 6) is 0.441. The number of carbonyl (C=O) groups excluding carboxylic acids is 1. The van der Waals surface area contributed by atoms with Gasteiger partial charge in [0.1, 0.15) is 11.3 Å². The van der Waals surface area contributed by atoms with Crippen molar-refractivity contribution in [2.45, 2.75) is 20.4 Å². The van der Waals surface area contributed by atoms with Gasteiger partial charge in [0, 0.05) is 18.6 Å². The number of aromatic nitrogens is 1. The summed E-state index contributed by atoms with van der Waals surface area (Å²) in [6.45, 7) is 3.99. The maximum absolute atomic E-state index is 12.3. The highest BCUT2D eigenvalue weighted by Crippen LogP contribution is 2.17. The molecule has 0 fully saturated rings. The van der Waals surface area contributed by atoms with Crippen LogP contribution >= 0.6 is 11.6 Å².